The van der Waals surface area contributed by atoms with Crippen molar-refractivity contribution in [2.75, 3.05) is 17.4 Å². The molecule has 0 saturated heterocycles. The molecule has 3 aromatic rings. The fourth-order valence-corrected chi connectivity index (χ4v) is 3.10. The molecule has 1 aromatic heterocycles. The number of halogens is 1. The molecule has 4 rings (SSSR count). The zero-order chi connectivity index (χ0) is 20.4. The summed E-state index contributed by atoms with van der Waals surface area (Å²) >= 11 is 6.02. The highest BCUT2D eigenvalue weighted by molar-refractivity contribution is 6.31. The van der Waals surface area contributed by atoms with Gasteiger partial charge in [0, 0.05) is 23.5 Å². The van der Waals surface area contributed by atoms with Gasteiger partial charge >= 0.3 is 0 Å². The number of nitrogens with zero attached hydrogens (tertiary/aromatic N) is 2. The minimum absolute atomic E-state index is 0.243. The van der Waals surface area contributed by atoms with Gasteiger partial charge in [0.1, 0.15) is 0 Å². The Kier molecular flexibility index (Phi) is 5.22. The number of ether oxygens (including phenoxy) is 2. The van der Waals surface area contributed by atoms with E-state index in [2.05, 4.69) is 20.6 Å². The Labute approximate surface area is 173 Å². The van der Waals surface area contributed by atoms with Gasteiger partial charge in [-0.2, -0.15) is 0 Å². The van der Waals surface area contributed by atoms with Gasteiger partial charge in [0.05, 0.1) is 11.3 Å². The molecule has 1 amide bonds. The smallest absolute Gasteiger partial charge is 0.259 e. The molecule has 0 spiro atoms. The van der Waals surface area contributed by atoms with E-state index in [4.69, 9.17) is 21.1 Å². The fourth-order valence-electron chi connectivity index (χ4n) is 2.93. The van der Waals surface area contributed by atoms with Gasteiger partial charge < -0.3 is 20.1 Å². The lowest BCUT2D eigenvalue weighted by Gasteiger charge is -2.11. The first-order valence-electron chi connectivity index (χ1n) is 9.03. The van der Waals surface area contributed by atoms with Crippen molar-refractivity contribution in [1.82, 2.24) is 9.97 Å². The van der Waals surface area contributed by atoms with Crippen molar-refractivity contribution >= 4 is 29.1 Å². The summed E-state index contributed by atoms with van der Waals surface area (Å²) < 4.78 is 10.7. The Bertz CT molecular complexity index is 1090. The van der Waals surface area contributed by atoms with Crippen LogP contribution in [0.5, 0.6) is 11.5 Å². The topological polar surface area (TPSA) is 85.4 Å². The van der Waals surface area contributed by atoms with Gasteiger partial charge in [-0.1, -0.05) is 23.7 Å². The van der Waals surface area contributed by atoms with E-state index in [1.807, 2.05) is 31.2 Å². The minimum Gasteiger partial charge on any atom is -0.454 e. The number of hydrogen-bond acceptors (Lipinski definition) is 6. The van der Waals surface area contributed by atoms with E-state index in [0.29, 0.717) is 34.5 Å². The number of aromatic nitrogens is 2. The number of nitrogens with one attached hydrogen (secondary N) is 2. The summed E-state index contributed by atoms with van der Waals surface area (Å²) in [6.07, 6.45) is 1.51. The van der Waals surface area contributed by atoms with Crippen molar-refractivity contribution in [3.63, 3.8) is 0 Å². The second-order valence-electron chi connectivity index (χ2n) is 6.65. The van der Waals surface area contributed by atoms with Crippen LogP contribution in [-0.2, 0) is 6.54 Å². The normalized spacial score (nSPS) is 12.0. The summed E-state index contributed by atoms with van der Waals surface area (Å²) in [5.74, 6) is 1.63. The summed E-state index contributed by atoms with van der Waals surface area (Å²) in [5.41, 5.74) is 3.56. The van der Waals surface area contributed by atoms with Crippen LogP contribution in [0.3, 0.4) is 0 Å². The predicted molar refractivity (Wildman–Crippen MR) is 111 cm³/mol. The third-order valence-electron chi connectivity index (χ3n) is 4.56. The van der Waals surface area contributed by atoms with Crippen LogP contribution < -0.4 is 20.1 Å². The lowest BCUT2D eigenvalue weighted by molar-refractivity contribution is 0.102. The van der Waals surface area contributed by atoms with E-state index in [1.54, 1.807) is 19.1 Å². The lowest BCUT2D eigenvalue weighted by atomic mass is 10.1. The van der Waals surface area contributed by atoms with E-state index in [9.17, 15) is 4.79 Å². The minimum atomic E-state index is -0.282. The van der Waals surface area contributed by atoms with Crippen LogP contribution >= 0.6 is 11.6 Å². The summed E-state index contributed by atoms with van der Waals surface area (Å²) in [7, 11) is 0. The van der Waals surface area contributed by atoms with Crippen LogP contribution in [0.4, 0.5) is 11.6 Å². The standard InChI is InChI=1S/C21H19ClN4O3/c1-12-3-5-15(22)8-17(12)26-20(27)16-10-24-21(25-13(16)2)23-9-14-4-6-18-19(7-14)29-11-28-18/h3-8,10H,9,11H2,1-2H3,(H,26,27)(H,23,24,25). The molecule has 1 aliphatic heterocycles. The summed E-state index contributed by atoms with van der Waals surface area (Å²) in [4.78, 5) is 21.3. The molecule has 2 N–H and O–H groups in total. The molecule has 0 bridgehead atoms. The maximum atomic E-state index is 12.6. The second-order valence-corrected chi connectivity index (χ2v) is 7.08. The molecule has 0 unspecified atom stereocenters. The molecule has 148 valence electrons. The van der Waals surface area contributed by atoms with E-state index < -0.39 is 0 Å². The monoisotopic (exact) mass is 410 g/mol. The van der Waals surface area contributed by atoms with Crippen LogP contribution in [-0.4, -0.2) is 22.7 Å². The van der Waals surface area contributed by atoms with Crippen molar-refractivity contribution in [3.05, 3.63) is 70.0 Å². The number of hydrogen-bond donors (Lipinski definition) is 2. The largest absolute Gasteiger partial charge is 0.454 e. The molecular weight excluding hydrogens is 392 g/mol. The Balaban J connectivity index is 1.43. The summed E-state index contributed by atoms with van der Waals surface area (Å²) in [6.45, 7) is 4.43. The zero-order valence-corrected chi connectivity index (χ0v) is 16.7. The Hall–Kier alpha value is -3.32. The maximum absolute atomic E-state index is 12.6. The van der Waals surface area contributed by atoms with Gasteiger partial charge in [-0.15, -0.1) is 0 Å². The van der Waals surface area contributed by atoms with E-state index in [0.717, 1.165) is 22.6 Å². The quantitative estimate of drug-likeness (QED) is 0.650. The lowest BCUT2D eigenvalue weighted by Crippen LogP contribution is -2.16. The van der Waals surface area contributed by atoms with E-state index >= 15 is 0 Å². The second kappa shape index (κ2) is 7.97. The third-order valence-corrected chi connectivity index (χ3v) is 4.79. The number of anilines is 2. The average Bonchev–Trinajstić information content (AvgIpc) is 3.17. The van der Waals surface area contributed by atoms with Crippen LogP contribution in [0.15, 0.2) is 42.6 Å². The molecule has 7 nitrogen and oxygen atoms in total. The average molecular weight is 411 g/mol. The predicted octanol–water partition coefficient (Wildman–Crippen LogP) is 4.34. The summed E-state index contributed by atoms with van der Waals surface area (Å²) in [6, 6.07) is 11.1. The van der Waals surface area contributed by atoms with Crippen molar-refractivity contribution in [2.24, 2.45) is 0 Å². The van der Waals surface area contributed by atoms with Crippen molar-refractivity contribution < 1.29 is 14.3 Å². The molecule has 0 atom stereocenters. The number of carbonyl (C=O) groups excluding carboxylic acids is 1. The number of rotatable bonds is 5. The van der Waals surface area contributed by atoms with Crippen molar-refractivity contribution in [2.45, 2.75) is 20.4 Å². The number of aryl methyl sites for hydroxylation is 2. The molecule has 1 aliphatic rings. The van der Waals surface area contributed by atoms with Gasteiger partial charge in [-0.3, -0.25) is 4.79 Å². The molecule has 2 aromatic carbocycles. The van der Waals surface area contributed by atoms with Gasteiger partial charge in [0.2, 0.25) is 12.7 Å². The van der Waals surface area contributed by atoms with Crippen molar-refractivity contribution in [3.8, 4) is 11.5 Å². The van der Waals surface area contributed by atoms with E-state index in [-0.39, 0.29) is 12.7 Å². The van der Waals surface area contributed by atoms with Gasteiger partial charge in [-0.25, -0.2) is 9.97 Å². The van der Waals surface area contributed by atoms with Crippen LogP contribution in [0, 0.1) is 13.8 Å². The van der Waals surface area contributed by atoms with Crippen molar-refractivity contribution in [1.29, 1.82) is 0 Å². The van der Waals surface area contributed by atoms with E-state index in [1.165, 1.54) is 6.20 Å². The molecular formula is C21H19ClN4O3. The van der Waals surface area contributed by atoms with Gasteiger partial charge in [-0.05, 0) is 49.2 Å². The Morgan fingerprint density at radius 3 is 2.79 bits per heavy atom. The van der Waals surface area contributed by atoms with Crippen LogP contribution in [0.2, 0.25) is 5.02 Å². The SMILES string of the molecule is Cc1ccc(Cl)cc1NC(=O)c1cnc(NCc2ccc3c(c2)OCO3)nc1C. The molecule has 0 radical (unpaired) electrons. The molecule has 8 heteroatoms. The maximum Gasteiger partial charge on any atom is 0.259 e. The highest BCUT2D eigenvalue weighted by Crippen LogP contribution is 2.32. The zero-order valence-electron chi connectivity index (χ0n) is 16.0. The summed E-state index contributed by atoms with van der Waals surface area (Å²) in [5, 5.41) is 6.57. The number of fused-ring (bicyclic) bond motifs is 1. The third kappa shape index (κ3) is 4.25. The molecule has 0 saturated carbocycles. The number of carbonyl (C=O) groups is 1. The molecule has 2 heterocycles. The number of amides is 1. The molecule has 29 heavy (non-hydrogen) atoms. The Morgan fingerprint density at radius 2 is 1.97 bits per heavy atom. The van der Waals surface area contributed by atoms with Crippen LogP contribution in [0.1, 0.15) is 27.2 Å². The molecule has 0 aliphatic carbocycles. The highest BCUT2D eigenvalue weighted by Gasteiger charge is 2.15. The number of benzene rings is 2. The van der Waals surface area contributed by atoms with Crippen LogP contribution in [0.25, 0.3) is 0 Å². The molecule has 0 fully saturated rings. The first-order valence-corrected chi connectivity index (χ1v) is 9.41. The van der Waals surface area contributed by atoms with Gasteiger partial charge in [0.25, 0.3) is 5.91 Å². The fraction of sp³-hybridized carbons (Fsp3) is 0.190. The first-order chi connectivity index (χ1) is 14.0. The first kappa shape index (κ1) is 19.0. The Morgan fingerprint density at radius 1 is 1.14 bits per heavy atom. The van der Waals surface area contributed by atoms with Gasteiger partial charge in [0.15, 0.2) is 11.5 Å². The highest BCUT2D eigenvalue weighted by atomic mass is 35.5.